The van der Waals surface area contributed by atoms with Gasteiger partial charge in [0.2, 0.25) is 0 Å². The van der Waals surface area contributed by atoms with E-state index in [2.05, 4.69) is 6.58 Å². The molecule has 0 saturated carbocycles. The molecule has 0 aliphatic heterocycles. The summed E-state index contributed by atoms with van der Waals surface area (Å²) >= 11 is 0. The van der Waals surface area contributed by atoms with Gasteiger partial charge in [0, 0.05) is 0 Å². The van der Waals surface area contributed by atoms with Crippen LogP contribution in [-0.2, 0) is 4.74 Å². The normalized spacial score (nSPS) is 15.7. The van der Waals surface area contributed by atoms with Gasteiger partial charge in [-0.25, -0.2) is 0 Å². The third-order valence-corrected chi connectivity index (χ3v) is 2.07. The van der Waals surface area contributed by atoms with Gasteiger partial charge < -0.3 is 0 Å². The Bertz CT molecular complexity index is 132. The zero-order valence-corrected chi connectivity index (χ0v) is 7.68. The minimum atomic E-state index is -4.14. The van der Waals surface area contributed by atoms with Crippen LogP contribution >= 0.6 is 7.94 Å². The van der Waals surface area contributed by atoms with Gasteiger partial charge >= 0.3 is 70.6 Å². The molecule has 0 fully saturated rings. The number of ether oxygens (including phenoxy) is 1. The quantitative estimate of drug-likeness (QED) is 0.250. The Kier molecular flexibility index (Phi) is 5.57. The van der Waals surface area contributed by atoms with E-state index in [1.165, 1.54) is 6.08 Å². The Morgan fingerprint density at radius 3 is 2.42 bits per heavy atom. The number of aliphatic hydroxyl groups excluding tert-OH is 1. The van der Waals surface area contributed by atoms with Crippen LogP contribution in [0.15, 0.2) is 12.7 Å². The van der Waals surface area contributed by atoms with Crippen molar-refractivity contribution in [3.63, 3.8) is 0 Å². The molecule has 1 atom stereocenters. The Balaban J connectivity index is 3.46. The molecule has 0 aromatic carbocycles. The van der Waals surface area contributed by atoms with Gasteiger partial charge in [0.15, 0.2) is 0 Å². The topological polar surface area (TPSA) is 90.2 Å². The van der Waals surface area contributed by atoms with Crippen molar-refractivity contribution in [1.29, 1.82) is 0 Å². The van der Waals surface area contributed by atoms with Crippen molar-refractivity contribution >= 4 is 7.94 Å². The van der Waals surface area contributed by atoms with Gasteiger partial charge in [0.05, 0.1) is 0 Å². The second kappa shape index (κ2) is 5.59. The van der Waals surface area contributed by atoms with Crippen molar-refractivity contribution in [2.75, 3.05) is 19.4 Å². The third kappa shape index (κ3) is 8.07. The predicted molar refractivity (Wildman–Crippen MR) is 46.9 cm³/mol. The second-order valence-corrected chi connectivity index (χ2v) is 4.42. The van der Waals surface area contributed by atoms with E-state index >= 15 is 0 Å². The molecule has 0 amide bonds. The van der Waals surface area contributed by atoms with E-state index in [9.17, 15) is 0 Å². The molecule has 5 nitrogen and oxygen atoms in total. The Labute approximate surface area is 71.5 Å². The Morgan fingerprint density at radius 1 is 1.42 bits per heavy atom. The standard InChI is InChI=1S/C6H15O5P/c1-2-3-11-4-6(7)5-12(8,9)10/h2,6-10,12H,1,3-5H2. The summed E-state index contributed by atoms with van der Waals surface area (Å²) in [5.74, 6) is 0. The van der Waals surface area contributed by atoms with Crippen LogP contribution in [0.5, 0.6) is 0 Å². The molecule has 0 bridgehead atoms. The summed E-state index contributed by atoms with van der Waals surface area (Å²) in [4.78, 5) is 25.7. The van der Waals surface area contributed by atoms with Gasteiger partial charge in [0.1, 0.15) is 0 Å². The fourth-order valence-corrected chi connectivity index (χ4v) is 1.41. The molecule has 0 spiro atoms. The van der Waals surface area contributed by atoms with E-state index in [4.69, 9.17) is 24.5 Å². The van der Waals surface area contributed by atoms with Gasteiger partial charge in [0.25, 0.3) is 0 Å². The minimum absolute atomic E-state index is 0.0392. The molecule has 12 heavy (non-hydrogen) atoms. The SMILES string of the molecule is C=CCOCC(O)C[PH](O)(O)O. The average Bonchev–Trinajstić information content (AvgIpc) is 1.84. The van der Waals surface area contributed by atoms with Gasteiger partial charge in [-0.15, -0.1) is 0 Å². The molecule has 0 aliphatic carbocycles. The Hall–Kier alpha value is -0.0300. The van der Waals surface area contributed by atoms with Crippen molar-refractivity contribution in [3.05, 3.63) is 12.7 Å². The summed E-state index contributed by atoms with van der Waals surface area (Å²) in [6, 6.07) is 0. The van der Waals surface area contributed by atoms with Gasteiger partial charge in [-0.1, -0.05) is 0 Å². The molecule has 0 heterocycles. The molecular formula is C6H15O5P. The molecule has 0 radical (unpaired) electrons. The molecule has 4 N–H and O–H groups in total. The number of hydrogen-bond acceptors (Lipinski definition) is 5. The zero-order chi connectivity index (χ0) is 9.61. The first-order valence-corrected chi connectivity index (χ1v) is 5.54. The molecule has 0 aromatic heterocycles. The molecule has 0 rings (SSSR count). The van der Waals surface area contributed by atoms with Crippen LogP contribution in [0.2, 0.25) is 0 Å². The summed E-state index contributed by atoms with van der Waals surface area (Å²) in [6.07, 6.45) is 0.0369. The fourth-order valence-electron chi connectivity index (χ4n) is 0.662. The molecular weight excluding hydrogens is 183 g/mol. The molecule has 0 saturated heterocycles. The summed E-state index contributed by atoms with van der Waals surface area (Å²) in [5, 5.41) is 9.01. The molecule has 0 aliphatic rings. The third-order valence-electron chi connectivity index (χ3n) is 1.06. The fraction of sp³-hybridized carbons (Fsp3) is 0.667. The van der Waals surface area contributed by atoms with Crippen molar-refractivity contribution in [2.45, 2.75) is 6.10 Å². The monoisotopic (exact) mass is 198 g/mol. The van der Waals surface area contributed by atoms with Gasteiger partial charge in [-0.2, -0.15) is 0 Å². The first-order chi connectivity index (χ1) is 5.45. The number of rotatable bonds is 6. The van der Waals surface area contributed by atoms with Crippen LogP contribution in [0.1, 0.15) is 0 Å². The van der Waals surface area contributed by atoms with Crippen molar-refractivity contribution in [2.24, 2.45) is 0 Å². The van der Waals surface area contributed by atoms with Gasteiger partial charge in [-0.05, 0) is 0 Å². The summed E-state index contributed by atoms with van der Waals surface area (Å²) in [7, 11) is -4.14. The first-order valence-electron chi connectivity index (χ1n) is 3.49. The van der Waals surface area contributed by atoms with E-state index in [0.717, 1.165) is 0 Å². The van der Waals surface area contributed by atoms with Crippen molar-refractivity contribution in [3.8, 4) is 0 Å². The van der Waals surface area contributed by atoms with E-state index in [1.54, 1.807) is 0 Å². The summed E-state index contributed by atoms with van der Waals surface area (Å²) < 4.78 is 4.81. The second-order valence-electron chi connectivity index (χ2n) is 2.46. The van der Waals surface area contributed by atoms with E-state index in [-0.39, 0.29) is 13.2 Å². The summed E-state index contributed by atoms with van der Waals surface area (Å²) in [5.41, 5.74) is 0. The van der Waals surface area contributed by atoms with Crippen LogP contribution < -0.4 is 0 Å². The molecule has 1 unspecified atom stereocenters. The molecule has 74 valence electrons. The van der Waals surface area contributed by atoms with Crippen LogP contribution in [0.3, 0.4) is 0 Å². The van der Waals surface area contributed by atoms with Crippen molar-refractivity contribution < 1.29 is 24.5 Å². The maximum atomic E-state index is 9.01. The van der Waals surface area contributed by atoms with Crippen LogP contribution in [0.4, 0.5) is 0 Å². The number of aliphatic hydroxyl groups is 1. The Morgan fingerprint density at radius 2 is 2.00 bits per heavy atom. The van der Waals surface area contributed by atoms with Crippen molar-refractivity contribution in [1.82, 2.24) is 0 Å². The van der Waals surface area contributed by atoms with Crippen LogP contribution in [-0.4, -0.2) is 45.3 Å². The van der Waals surface area contributed by atoms with Gasteiger partial charge in [-0.3, -0.25) is 0 Å². The number of hydrogen-bond donors (Lipinski definition) is 4. The van der Waals surface area contributed by atoms with Crippen LogP contribution in [0, 0.1) is 0 Å². The molecule has 6 heteroatoms. The summed E-state index contributed by atoms with van der Waals surface area (Å²) in [6.45, 7) is 3.63. The predicted octanol–water partition coefficient (Wildman–Crippen LogP) is -0.978. The first kappa shape index (κ1) is 12.0. The van der Waals surface area contributed by atoms with E-state index in [1.807, 2.05) is 0 Å². The van der Waals surface area contributed by atoms with E-state index in [0.29, 0.717) is 0 Å². The maximum absolute atomic E-state index is 9.01. The zero-order valence-electron chi connectivity index (χ0n) is 6.68. The molecule has 0 aromatic rings. The average molecular weight is 198 g/mol. The van der Waals surface area contributed by atoms with E-state index < -0.39 is 20.2 Å². The van der Waals surface area contributed by atoms with Crippen LogP contribution in [0.25, 0.3) is 0 Å².